The third-order valence-corrected chi connectivity index (χ3v) is 6.53. The van der Waals surface area contributed by atoms with Gasteiger partial charge in [-0.2, -0.15) is 10.4 Å². The molecule has 0 aliphatic carbocycles. The average Bonchev–Trinajstić information content (AvgIpc) is 3.35. The van der Waals surface area contributed by atoms with E-state index in [9.17, 15) is 19.6 Å². The summed E-state index contributed by atoms with van der Waals surface area (Å²) in [5.74, 6) is -1.63. The first-order valence-corrected chi connectivity index (χ1v) is 12.9. The zero-order valence-corrected chi connectivity index (χ0v) is 23.0. The summed E-state index contributed by atoms with van der Waals surface area (Å²) < 4.78 is 12.9. The lowest BCUT2D eigenvalue weighted by Crippen LogP contribution is -2.44. The minimum absolute atomic E-state index is 0.0276. The van der Waals surface area contributed by atoms with Gasteiger partial charge in [0.25, 0.3) is 11.8 Å². The number of imide groups is 1. The lowest BCUT2D eigenvalue weighted by molar-refractivity contribution is -0.142. The molecule has 2 heterocycles. The number of hydrogen-bond donors (Lipinski definition) is 0. The van der Waals surface area contributed by atoms with E-state index in [1.165, 1.54) is 6.92 Å². The number of aromatic nitrogens is 2. The molecule has 0 radical (unpaired) electrons. The molecule has 0 atom stereocenters. The van der Waals surface area contributed by atoms with E-state index in [0.29, 0.717) is 16.8 Å². The molecule has 3 aromatic rings. The number of halogens is 1. The van der Waals surface area contributed by atoms with Crippen LogP contribution in [-0.2, 0) is 23.9 Å². The quantitative estimate of drug-likeness (QED) is 0.157. The van der Waals surface area contributed by atoms with Gasteiger partial charge in [-0.05, 0) is 42.8 Å². The summed E-state index contributed by atoms with van der Waals surface area (Å²) >= 11 is 3.45. The fraction of sp³-hybridized carbons (Fsp3) is 0.207. The van der Waals surface area contributed by atoms with Gasteiger partial charge in [0.2, 0.25) is 0 Å². The van der Waals surface area contributed by atoms with Gasteiger partial charge in [0.1, 0.15) is 18.2 Å². The molecule has 0 bridgehead atoms. The van der Waals surface area contributed by atoms with Gasteiger partial charge >= 0.3 is 5.97 Å². The molecule has 2 amide bonds. The third-order valence-electron chi connectivity index (χ3n) is 6.00. The molecule has 2 aromatic carbocycles. The van der Waals surface area contributed by atoms with Crippen molar-refractivity contribution in [2.75, 3.05) is 26.4 Å². The standard InChI is InChI=1S/C29H25BrN4O5/c1-19-25(28(36)33(29(37)26(19)17-31)12-13-38-14-15-39-20(2)35)16-22-18-34(24-6-4-3-5-7-24)32-27(22)21-8-10-23(30)11-9-21/h3-11,16,18H,12-15H2,1-2H3/b25-16+. The highest BCUT2D eigenvalue weighted by molar-refractivity contribution is 9.10. The predicted octanol–water partition coefficient (Wildman–Crippen LogP) is 4.47. The van der Waals surface area contributed by atoms with Crippen molar-refractivity contribution in [2.24, 2.45) is 0 Å². The summed E-state index contributed by atoms with van der Waals surface area (Å²) in [4.78, 5) is 38.4. The Labute approximate surface area is 234 Å². The Morgan fingerprint density at radius 1 is 1.05 bits per heavy atom. The van der Waals surface area contributed by atoms with E-state index in [-0.39, 0.29) is 37.5 Å². The Hall–Kier alpha value is -4.33. The van der Waals surface area contributed by atoms with Gasteiger partial charge in [0, 0.05) is 34.3 Å². The van der Waals surface area contributed by atoms with Gasteiger partial charge < -0.3 is 9.47 Å². The number of nitrogens with zero attached hydrogens (tertiary/aromatic N) is 4. The van der Waals surface area contributed by atoms with Crippen molar-refractivity contribution in [2.45, 2.75) is 13.8 Å². The molecular formula is C29H25BrN4O5. The maximum atomic E-state index is 13.5. The summed E-state index contributed by atoms with van der Waals surface area (Å²) in [5.41, 5.74) is 3.36. The number of esters is 1. The molecule has 1 aromatic heterocycles. The van der Waals surface area contributed by atoms with Crippen LogP contribution in [0.5, 0.6) is 0 Å². The van der Waals surface area contributed by atoms with Crippen molar-refractivity contribution in [1.29, 1.82) is 5.26 Å². The molecule has 0 N–H and O–H groups in total. The molecule has 198 valence electrons. The average molecular weight is 589 g/mol. The van der Waals surface area contributed by atoms with E-state index in [4.69, 9.17) is 14.6 Å². The van der Waals surface area contributed by atoms with E-state index in [0.717, 1.165) is 20.6 Å². The number of benzene rings is 2. The van der Waals surface area contributed by atoms with Crippen LogP contribution in [0.15, 0.2) is 82.0 Å². The fourth-order valence-corrected chi connectivity index (χ4v) is 4.29. The number of para-hydroxylation sites is 1. The first kappa shape index (κ1) is 27.7. The zero-order chi connectivity index (χ0) is 27.9. The second-order valence-electron chi connectivity index (χ2n) is 8.60. The second-order valence-corrected chi connectivity index (χ2v) is 9.52. The Balaban J connectivity index is 1.70. The molecule has 0 fully saturated rings. The highest BCUT2D eigenvalue weighted by Gasteiger charge is 2.35. The van der Waals surface area contributed by atoms with Crippen LogP contribution in [0.4, 0.5) is 0 Å². The maximum absolute atomic E-state index is 13.5. The Bertz CT molecular complexity index is 1500. The normalized spacial score (nSPS) is 14.6. The van der Waals surface area contributed by atoms with E-state index in [1.807, 2.05) is 66.9 Å². The first-order valence-electron chi connectivity index (χ1n) is 12.1. The Kier molecular flexibility index (Phi) is 8.86. The minimum Gasteiger partial charge on any atom is -0.463 e. The number of carbonyl (C=O) groups is 3. The number of hydrogen-bond acceptors (Lipinski definition) is 7. The molecule has 1 aliphatic rings. The van der Waals surface area contributed by atoms with Gasteiger partial charge in [-0.1, -0.05) is 46.3 Å². The lowest BCUT2D eigenvalue weighted by atomic mass is 9.93. The maximum Gasteiger partial charge on any atom is 0.302 e. The van der Waals surface area contributed by atoms with E-state index >= 15 is 0 Å². The highest BCUT2D eigenvalue weighted by Crippen LogP contribution is 2.31. The van der Waals surface area contributed by atoms with Gasteiger partial charge in [0.15, 0.2) is 0 Å². The molecule has 0 unspecified atom stereocenters. The molecule has 0 spiro atoms. The monoisotopic (exact) mass is 588 g/mol. The summed E-state index contributed by atoms with van der Waals surface area (Å²) in [7, 11) is 0. The zero-order valence-electron chi connectivity index (χ0n) is 21.4. The van der Waals surface area contributed by atoms with Gasteiger partial charge in [-0.15, -0.1) is 0 Å². The van der Waals surface area contributed by atoms with Crippen molar-refractivity contribution in [3.8, 4) is 23.0 Å². The van der Waals surface area contributed by atoms with Crippen LogP contribution in [0.2, 0.25) is 0 Å². The van der Waals surface area contributed by atoms with Gasteiger partial charge in [0.05, 0.1) is 31.1 Å². The Morgan fingerprint density at radius 3 is 2.44 bits per heavy atom. The van der Waals surface area contributed by atoms with E-state index in [2.05, 4.69) is 15.9 Å². The van der Waals surface area contributed by atoms with Crippen molar-refractivity contribution in [3.05, 3.63) is 87.5 Å². The van der Waals surface area contributed by atoms with Crippen LogP contribution in [0.1, 0.15) is 19.4 Å². The van der Waals surface area contributed by atoms with Crippen molar-refractivity contribution in [3.63, 3.8) is 0 Å². The van der Waals surface area contributed by atoms with Gasteiger partial charge in [-0.3, -0.25) is 19.3 Å². The molecule has 39 heavy (non-hydrogen) atoms. The first-order chi connectivity index (χ1) is 18.8. The summed E-state index contributed by atoms with van der Waals surface area (Å²) in [6, 6.07) is 19.1. The molecule has 9 nitrogen and oxygen atoms in total. The topological polar surface area (TPSA) is 115 Å². The molecule has 0 saturated carbocycles. The molecule has 1 aliphatic heterocycles. The van der Waals surface area contributed by atoms with Crippen LogP contribution in [0, 0.1) is 11.3 Å². The van der Waals surface area contributed by atoms with E-state index in [1.54, 1.807) is 17.7 Å². The van der Waals surface area contributed by atoms with Crippen molar-refractivity contribution < 1.29 is 23.9 Å². The fourth-order valence-electron chi connectivity index (χ4n) is 4.03. The van der Waals surface area contributed by atoms with Crippen molar-refractivity contribution >= 4 is 39.8 Å². The molecule has 0 saturated heterocycles. The summed E-state index contributed by atoms with van der Waals surface area (Å²) in [5, 5.41) is 14.5. The lowest BCUT2D eigenvalue weighted by Gasteiger charge is -2.27. The summed E-state index contributed by atoms with van der Waals surface area (Å²) in [6.07, 6.45) is 3.48. The van der Waals surface area contributed by atoms with Crippen LogP contribution in [0.25, 0.3) is 23.0 Å². The highest BCUT2D eigenvalue weighted by atomic mass is 79.9. The van der Waals surface area contributed by atoms with Crippen LogP contribution in [0.3, 0.4) is 0 Å². The second kappa shape index (κ2) is 12.5. The predicted molar refractivity (Wildman–Crippen MR) is 147 cm³/mol. The number of ether oxygens (including phenoxy) is 2. The number of rotatable bonds is 9. The Morgan fingerprint density at radius 2 is 1.77 bits per heavy atom. The minimum atomic E-state index is -0.672. The largest absolute Gasteiger partial charge is 0.463 e. The van der Waals surface area contributed by atoms with Crippen LogP contribution in [-0.4, -0.2) is 58.8 Å². The van der Waals surface area contributed by atoms with Crippen LogP contribution < -0.4 is 0 Å². The van der Waals surface area contributed by atoms with Gasteiger partial charge in [-0.25, -0.2) is 4.68 Å². The van der Waals surface area contributed by atoms with Crippen molar-refractivity contribution in [1.82, 2.24) is 14.7 Å². The summed E-state index contributed by atoms with van der Waals surface area (Å²) in [6.45, 7) is 3.04. The van der Waals surface area contributed by atoms with Crippen LogP contribution >= 0.6 is 15.9 Å². The molecular weight excluding hydrogens is 564 g/mol. The van der Waals surface area contributed by atoms with E-state index < -0.39 is 17.8 Å². The smallest absolute Gasteiger partial charge is 0.302 e. The molecule has 4 rings (SSSR count). The molecule has 10 heteroatoms. The number of amides is 2. The number of nitriles is 1. The third kappa shape index (κ3) is 6.39. The number of carbonyl (C=O) groups excluding carboxylic acids is 3. The SMILES string of the molecule is CC(=O)OCCOCCN1C(=O)C(C#N)=C(C)/C(=C\c2cn(-c3ccccc3)nc2-c2ccc(Br)cc2)C1=O.